The van der Waals surface area contributed by atoms with E-state index in [0.29, 0.717) is 24.6 Å². The van der Waals surface area contributed by atoms with Crippen LogP contribution in [-0.2, 0) is 16.3 Å². The molecule has 3 rings (SSSR count). The van der Waals surface area contributed by atoms with Crippen LogP contribution in [0.15, 0.2) is 24.3 Å². The van der Waals surface area contributed by atoms with Gasteiger partial charge in [-0.1, -0.05) is 25.7 Å². The van der Waals surface area contributed by atoms with Gasteiger partial charge in [-0.2, -0.15) is 5.10 Å². The number of aldehydes is 1. The SMILES string of the molecule is CN1CCN(C(=O)C=Cc2nn(COCC[Si](C)(C)C)c3cc(C=O)ccc23)CC1. The van der Waals surface area contributed by atoms with Gasteiger partial charge in [0.15, 0.2) is 0 Å². The molecule has 0 bridgehead atoms. The Labute approximate surface area is 179 Å². The van der Waals surface area contributed by atoms with E-state index in [0.717, 1.165) is 49.4 Å². The monoisotopic (exact) mass is 428 g/mol. The highest BCUT2D eigenvalue weighted by Gasteiger charge is 2.18. The number of benzene rings is 1. The molecular weight excluding hydrogens is 396 g/mol. The molecule has 162 valence electrons. The molecule has 1 fully saturated rings. The fraction of sp³-hybridized carbons (Fsp3) is 0.500. The third kappa shape index (κ3) is 5.87. The third-order valence-corrected chi connectivity index (χ3v) is 7.05. The highest BCUT2D eigenvalue weighted by atomic mass is 28.3. The lowest BCUT2D eigenvalue weighted by molar-refractivity contribution is -0.127. The van der Waals surface area contributed by atoms with Gasteiger partial charge < -0.3 is 14.5 Å². The number of carbonyl (C=O) groups is 2. The van der Waals surface area contributed by atoms with Gasteiger partial charge >= 0.3 is 0 Å². The standard InChI is InChI=1S/C22H32N4O3Si/c1-24-9-11-25(12-10-24)22(28)8-7-20-19-6-5-18(16-27)15-21(19)26(23-20)17-29-13-14-30(2,3)4/h5-8,15-16H,9-14,17H2,1-4H3. The van der Waals surface area contributed by atoms with Crippen molar-refractivity contribution < 1.29 is 14.3 Å². The summed E-state index contributed by atoms with van der Waals surface area (Å²) in [6, 6.07) is 6.55. The second-order valence-corrected chi connectivity index (χ2v) is 14.7. The lowest BCUT2D eigenvalue weighted by atomic mass is 10.1. The summed E-state index contributed by atoms with van der Waals surface area (Å²) in [6.07, 6.45) is 4.19. The van der Waals surface area contributed by atoms with Crippen LogP contribution in [-0.4, -0.2) is 79.7 Å². The molecule has 1 aliphatic rings. The molecule has 0 N–H and O–H groups in total. The first-order chi connectivity index (χ1) is 14.3. The van der Waals surface area contributed by atoms with E-state index < -0.39 is 8.07 Å². The molecule has 1 saturated heterocycles. The topological polar surface area (TPSA) is 67.7 Å². The number of hydrogen-bond donors (Lipinski definition) is 0. The van der Waals surface area contributed by atoms with E-state index in [9.17, 15) is 9.59 Å². The molecular formula is C22H32N4O3Si. The van der Waals surface area contributed by atoms with Crippen LogP contribution in [0.4, 0.5) is 0 Å². The summed E-state index contributed by atoms with van der Waals surface area (Å²) in [4.78, 5) is 27.9. The molecule has 0 radical (unpaired) electrons. The molecule has 1 aromatic carbocycles. The highest BCUT2D eigenvalue weighted by Crippen LogP contribution is 2.22. The Balaban J connectivity index is 1.76. The van der Waals surface area contributed by atoms with Gasteiger partial charge in [0.1, 0.15) is 13.0 Å². The van der Waals surface area contributed by atoms with Gasteiger partial charge in [-0.05, 0) is 31.3 Å². The number of amides is 1. The normalized spacial score (nSPS) is 15.9. The van der Waals surface area contributed by atoms with Gasteiger partial charge in [-0.15, -0.1) is 0 Å². The average molecular weight is 429 g/mol. The van der Waals surface area contributed by atoms with E-state index in [-0.39, 0.29) is 5.91 Å². The molecule has 0 unspecified atom stereocenters. The number of piperazine rings is 1. The Kier molecular flexibility index (Phi) is 7.22. The Morgan fingerprint density at radius 2 is 1.93 bits per heavy atom. The van der Waals surface area contributed by atoms with Crippen LogP contribution in [0.1, 0.15) is 16.1 Å². The van der Waals surface area contributed by atoms with E-state index in [4.69, 9.17) is 4.74 Å². The maximum atomic E-state index is 12.5. The summed E-state index contributed by atoms with van der Waals surface area (Å²) in [5.41, 5.74) is 2.13. The zero-order valence-electron chi connectivity index (χ0n) is 18.4. The van der Waals surface area contributed by atoms with Crippen molar-refractivity contribution in [3.05, 3.63) is 35.5 Å². The average Bonchev–Trinajstić information content (AvgIpc) is 3.06. The first-order valence-electron chi connectivity index (χ1n) is 10.5. The summed E-state index contributed by atoms with van der Waals surface area (Å²) in [5, 5.41) is 5.55. The summed E-state index contributed by atoms with van der Waals surface area (Å²) in [6.45, 7) is 11.2. The molecule has 1 aromatic heterocycles. The first kappa shape index (κ1) is 22.4. The van der Waals surface area contributed by atoms with Crippen molar-refractivity contribution in [3.8, 4) is 0 Å². The predicted molar refractivity (Wildman–Crippen MR) is 122 cm³/mol. The summed E-state index contributed by atoms with van der Waals surface area (Å²) < 4.78 is 7.63. The first-order valence-corrected chi connectivity index (χ1v) is 14.2. The van der Waals surface area contributed by atoms with Crippen molar-refractivity contribution in [2.75, 3.05) is 39.8 Å². The van der Waals surface area contributed by atoms with Crippen molar-refractivity contribution in [2.45, 2.75) is 32.4 Å². The number of fused-ring (bicyclic) bond motifs is 1. The van der Waals surface area contributed by atoms with E-state index >= 15 is 0 Å². The number of aromatic nitrogens is 2. The third-order valence-electron chi connectivity index (χ3n) is 5.35. The van der Waals surface area contributed by atoms with Gasteiger partial charge in [0.05, 0.1) is 11.2 Å². The number of rotatable bonds is 8. The maximum Gasteiger partial charge on any atom is 0.246 e. The zero-order chi connectivity index (χ0) is 21.7. The fourth-order valence-corrected chi connectivity index (χ4v) is 4.08. The van der Waals surface area contributed by atoms with Crippen LogP contribution in [0.3, 0.4) is 0 Å². The van der Waals surface area contributed by atoms with Crippen LogP contribution in [0.25, 0.3) is 17.0 Å². The molecule has 1 aliphatic heterocycles. The fourth-order valence-electron chi connectivity index (χ4n) is 3.32. The molecule has 0 atom stereocenters. The van der Waals surface area contributed by atoms with Crippen molar-refractivity contribution >= 4 is 37.2 Å². The van der Waals surface area contributed by atoms with E-state index in [1.54, 1.807) is 22.9 Å². The second-order valence-electron chi connectivity index (χ2n) is 9.09. The van der Waals surface area contributed by atoms with E-state index in [2.05, 4.69) is 36.7 Å². The van der Waals surface area contributed by atoms with Crippen LogP contribution in [0, 0.1) is 0 Å². The molecule has 7 nitrogen and oxygen atoms in total. The molecule has 0 aliphatic carbocycles. The van der Waals surface area contributed by atoms with Crippen LogP contribution in [0.5, 0.6) is 0 Å². The van der Waals surface area contributed by atoms with Crippen LogP contribution >= 0.6 is 0 Å². The van der Waals surface area contributed by atoms with Crippen LogP contribution < -0.4 is 0 Å². The van der Waals surface area contributed by atoms with Crippen LogP contribution in [0.2, 0.25) is 25.7 Å². The number of ether oxygens (including phenoxy) is 1. The predicted octanol–water partition coefficient (Wildman–Crippen LogP) is 2.95. The van der Waals surface area contributed by atoms with Gasteiger partial charge in [-0.25, -0.2) is 4.68 Å². The Bertz CT molecular complexity index is 924. The molecule has 8 heteroatoms. The van der Waals surface area contributed by atoms with E-state index in [1.807, 2.05) is 17.0 Å². The smallest absolute Gasteiger partial charge is 0.246 e. The molecule has 2 aromatic rings. The number of likely N-dealkylation sites (N-methyl/N-ethyl adjacent to an activating group) is 1. The molecule has 2 heterocycles. The lowest BCUT2D eigenvalue weighted by Crippen LogP contribution is -2.46. The van der Waals surface area contributed by atoms with Gasteiger partial charge in [0, 0.05) is 57.9 Å². The van der Waals surface area contributed by atoms with Crippen molar-refractivity contribution in [2.24, 2.45) is 0 Å². The molecule has 0 spiro atoms. The molecule has 0 saturated carbocycles. The van der Waals surface area contributed by atoms with Crippen molar-refractivity contribution in [1.29, 1.82) is 0 Å². The Hall–Kier alpha value is -2.29. The number of nitrogens with zero attached hydrogens (tertiary/aromatic N) is 4. The van der Waals surface area contributed by atoms with E-state index in [1.165, 1.54) is 0 Å². The lowest BCUT2D eigenvalue weighted by Gasteiger charge is -2.31. The highest BCUT2D eigenvalue weighted by molar-refractivity contribution is 6.76. The summed E-state index contributed by atoms with van der Waals surface area (Å²) in [7, 11) is 0.903. The molecule has 30 heavy (non-hydrogen) atoms. The maximum absolute atomic E-state index is 12.5. The van der Waals surface area contributed by atoms with Gasteiger partial charge in [0.2, 0.25) is 5.91 Å². The Morgan fingerprint density at radius 3 is 2.60 bits per heavy atom. The minimum Gasteiger partial charge on any atom is -0.360 e. The quantitative estimate of drug-likeness (QED) is 0.280. The summed E-state index contributed by atoms with van der Waals surface area (Å²) in [5.74, 6) is 0.00157. The zero-order valence-corrected chi connectivity index (χ0v) is 19.4. The number of carbonyl (C=O) groups excluding carboxylic acids is 2. The van der Waals surface area contributed by atoms with Gasteiger partial charge in [0.25, 0.3) is 0 Å². The number of hydrogen-bond acceptors (Lipinski definition) is 5. The summed E-state index contributed by atoms with van der Waals surface area (Å²) >= 11 is 0. The van der Waals surface area contributed by atoms with Crippen molar-refractivity contribution in [1.82, 2.24) is 19.6 Å². The minimum absolute atomic E-state index is 0.00157. The minimum atomic E-state index is -1.16. The second kappa shape index (κ2) is 9.68. The largest absolute Gasteiger partial charge is 0.360 e. The Morgan fingerprint density at radius 1 is 1.20 bits per heavy atom. The van der Waals surface area contributed by atoms with Crippen molar-refractivity contribution in [3.63, 3.8) is 0 Å². The molecule has 1 amide bonds. The van der Waals surface area contributed by atoms with Gasteiger partial charge in [-0.3, -0.25) is 9.59 Å².